The number of nitrogens with two attached hydrogens (primary N) is 1. The fourth-order valence-corrected chi connectivity index (χ4v) is 1.96. The molecule has 6 nitrogen and oxygen atoms in total. The predicted molar refractivity (Wildman–Crippen MR) is 62.0 cm³/mol. The first-order valence-corrected chi connectivity index (χ1v) is 6.71. The maximum absolute atomic E-state index is 11.2. The highest BCUT2D eigenvalue weighted by molar-refractivity contribution is 7.90. The summed E-state index contributed by atoms with van der Waals surface area (Å²) in [7, 11) is -3.23. The lowest BCUT2D eigenvalue weighted by atomic mass is 10.1. The van der Waals surface area contributed by atoms with Gasteiger partial charge >= 0.3 is 5.97 Å². The van der Waals surface area contributed by atoms with Gasteiger partial charge in [-0.25, -0.2) is 13.8 Å². The molecule has 7 heteroatoms. The van der Waals surface area contributed by atoms with Crippen LogP contribution in [0.5, 0.6) is 0 Å². The van der Waals surface area contributed by atoms with Crippen LogP contribution in [0.15, 0.2) is 29.2 Å². The van der Waals surface area contributed by atoms with Crippen LogP contribution in [0.3, 0.4) is 0 Å². The van der Waals surface area contributed by atoms with Gasteiger partial charge in [-0.2, -0.15) is 0 Å². The van der Waals surface area contributed by atoms with Gasteiger partial charge in [0.1, 0.15) is 6.04 Å². The molecule has 0 saturated heterocycles. The van der Waals surface area contributed by atoms with E-state index in [0.717, 1.165) is 6.26 Å². The third-order valence-electron chi connectivity index (χ3n) is 2.29. The van der Waals surface area contributed by atoms with Crippen LogP contribution in [0.1, 0.15) is 5.56 Å². The van der Waals surface area contributed by atoms with E-state index in [9.17, 15) is 13.2 Å². The minimum absolute atomic E-state index is 0.190. The Morgan fingerprint density at radius 2 is 1.94 bits per heavy atom. The Balaban J connectivity index is 2.85. The average molecular weight is 258 g/mol. The summed E-state index contributed by atoms with van der Waals surface area (Å²) in [5.41, 5.74) is 2.87. The first-order chi connectivity index (χ1) is 7.84. The van der Waals surface area contributed by atoms with Crippen LogP contribution in [-0.2, 0) is 21.1 Å². The molecule has 0 saturated carbocycles. The third kappa shape index (κ3) is 3.81. The molecular weight excluding hydrogens is 244 g/mol. The highest BCUT2D eigenvalue weighted by atomic mass is 32.2. The second kappa shape index (κ2) is 5.26. The lowest BCUT2D eigenvalue weighted by molar-refractivity contribution is -0.139. The molecule has 0 aliphatic rings. The van der Waals surface area contributed by atoms with Gasteiger partial charge in [0.25, 0.3) is 0 Å². The van der Waals surface area contributed by atoms with Crippen molar-refractivity contribution in [2.75, 3.05) is 6.26 Å². The number of benzene rings is 1. The summed E-state index contributed by atoms with van der Waals surface area (Å²) in [6, 6.07) is 5.15. The topological polar surface area (TPSA) is 109 Å². The van der Waals surface area contributed by atoms with Crippen LogP contribution in [-0.4, -0.2) is 31.8 Å². The van der Waals surface area contributed by atoms with E-state index in [2.05, 4.69) is 5.43 Å². The van der Waals surface area contributed by atoms with Crippen LogP contribution >= 0.6 is 0 Å². The first kappa shape index (κ1) is 13.6. The summed E-state index contributed by atoms with van der Waals surface area (Å²) in [6.07, 6.45) is 1.30. The molecule has 1 rings (SSSR count). The van der Waals surface area contributed by atoms with E-state index in [1.54, 1.807) is 12.1 Å². The number of sulfone groups is 1. The molecule has 0 aliphatic carbocycles. The van der Waals surface area contributed by atoms with Gasteiger partial charge in [0, 0.05) is 6.26 Å². The van der Waals surface area contributed by atoms with E-state index in [-0.39, 0.29) is 11.3 Å². The lowest BCUT2D eigenvalue weighted by Gasteiger charge is -2.10. The highest BCUT2D eigenvalue weighted by Crippen LogP contribution is 2.11. The van der Waals surface area contributed by atoms with Crippen molar-refractivity contribution in [2.45, 2.75) is 17.4 Å². The minimum Gasteiger partial charge on any atom is -0.480 e. The molecule has 0 fully saturated rings. The van der Waals surface area contributed by atoms with Gasteiger partial charge in [0.05, 0.1) is 4.90 Å². The molecule has 1 aromatic carbocycles. The van der Waals surface area contributed by atoms with Crippen LogP contribution in [0.2, 0.25) is 0 Å². The van der Waals surface area contributed by atoms with Crippen molar-refractivity contribution in [3.63, 3.8) is 0 Å². The van der Waals surface area contributed by atoms with Gasteiger partial charge in [-0.1, -0.05) is 12.1 Å². The Bertz CT molecular complexity index is 496. The predicted octanol–water partition coefficient (Wildman–Crippen LogP) is -0.451. The molecule has 0 spiro atoms. The number of rotatable bonds is 5. The molecule has 1 aromatic rings. The summed E-state index contributed by atoms with van der Waals surface area (Å²) >= 11 is 0. The van der Waals surface area contributed by atoms with Gasteiger partial charge in [-0.3, -0.25) is 10.6 Å². The molecule has 1 atom stereocenters. The Morgan fingerprint density at radius 1 is 1.41 bits per heavy atom. The Kier molecular flexibility index (Phi) is 4.22. The van der Waals surface area contributed by atoms with E-state index in [4.69, 9.17) is 10.9 Å². The Labute approximate surface area is 99.3 Å². The Morgan fingerprint density at radius 3 is 2.29 bits per heavy atom. The Hall–Kier alpha value is -1.44. The van der Waals surface area contributed by atoms with Gasteiger partial charge in [0.2, 0.25) is 0 Å². The molecule has 4 N–H and O–H groups in total. The molecule has 0 bridgehead atoms. The van der Waals surface area contributed by atoms with Crippen molar-refractivity contribution >= 4 is 15.8 Å². The minimum atomic E-state index is -3.23. The number of hydrogen-bond donors (Lipinski definition) is 3. The fourth-order valence-electron chi connectivity index (χ4n) is 1.33. The fraction of sp³-hybridized carbons (Fsp3) is 0.300. The van der Waals surface area contributed by atoms with Crippen molar-refractivity contribution in [1.29, 1.82) is 0 Å². The zero-order valence-corrected chi connectivity index (χ0v) is 10.1. The monoisotopic (exact) mass is 258 g/mol. The van der Waals surface area contributed by atoms with E-state index in [1.165, 1.54) is 12.1 Å². The van der Waals surface area contributed by atoms with Crippen molar-refractivity contribution in [3.05, 3.63) is 29.8 Å². The first-order valence-electron chi connectivity index (χ1n) is 4.82. The van der Waals surface area contributed by atoms with E-state index < -0.39 is 21.8 Å². The van der Waals surface area contributed by atoms with Gasteiger partial charge in [-0.15, -0.1) is 0 Å². The average Bonchev–Trinajstić information content (AvgIpc) is 2.25. The van der Waals surface area contributed by atoms with Crippen LogP contribution in [0, 0.1) is 0 Å². The van der Waals surface area contributed by atoms with Crippen LogP contribution in [0.4, 0.5) is 0 Å². The van der Waals surface area contributed by atoms with Gasteiger partial charge in [0.15, 0.2) is 9.84 Å². The second-order valence-electron chi connectivity index (χ2n) is 3.68. The van der Waals surface area contributed by atoms with Crippen molar-refractivity contribution in [2.24, 2.45) is 5.84 Å². The normalized spacial score (nSPS) is 13.3. The maximum Gasteiger partial charge on any atom is 0.322 e. The molecule has 0 heterocycles. The number of aliphatic carboxylic acids is 1. The molecule has 0 amide bonds. The molecule has 0 radical (unpaired) electrons. The molecule has 0 aliphatic heterocycles. The largest absolute Gasteiger partial charge is 0.480 e. The van der Waals surface area contributed by atoms with E-state index >= 15 is 0 Å². The SMILES string of the molecule is CS(=O)(=O)c1ccc(C[C@H](NN)C(=O)O)cc1. The van der Waals surface area contributed by atoms with Gasteiger partial charge in [-0.05, 0) is 24.1 Å². The lowest BCUT2D eigenvalue weighted by Crippen LogP contribution is -2.42. The van der Waals surface area contributed by atoms with E-state index in [0.29, 0.717) is 5.56 Å². The number of hydrazine groups is 1. The van der Waals surface area contributed by atoms with Crippen molar-refractivity contribution < 1.29 is 18.3 Å². The van der Waals surface area contributed by atoms with Crippen molar-refractivity contribution in [1.82, 2.24) is 5.43 Å². The summed E-state index contributed by atoms with van der Waals surface area (Å²) in [5.74, 6) is 4.04. The summed E-state index contributed by atoms with van der Waals surface area (Å²) in [4.78, 5) is 10.9. The quantitative estimate of drug-likeness (QED) is 0.487. The highest BCUT2D eigenvalue weighted by Gasteiger charge is 2.16. The zero-order chi connectivity index (χ0) is 13.1. The molecule has 17 heavy (non-hydrogen) atoms. The smallest absolute Gasteiger partial charge is 0.322 e. The number of hydrogen-bond acceptors (Lipinski definition) is 5. The second-order valence-corrected chi connectivity index (χ2v) is 5.69. The number of carboxylic acid groups (broad SMARTS) is 1. The van der Waals surface area contributed by atoms with Gasteiger partial charge < -0.3 is 5.11 Å². The molecule has 0 aromatic heterocycles. The number of nitrogens with one attached hydrogen (secondary N) is 1. The molecule has 0 unspecified atom stereocenters. The summed E-state index contributed by atoms with van der Waals surface area (Å²) in [5, 5.41) is 8.78. The maximum atomic E-state index is 11.2. The van der Waals surface area contributed by atoms with Crippen molar-refractivity contribution in [3.8, 4) is 0 Å². The standard InChI is InChI=1S/C10H14N2O4S/c1-17(15,16)8-4-2-7(3-5-8)6-9(12-11)10(13)14/h2-5,9,12H,6,11H2,1H3,(H,13,14)/t9-/m0/s1. The molecule has 94 valence electrons. The third-order valence-corrected chi connectivity index (χ3v) is 3.42. The zero-order valence-electron chi connectivity index (χ0n) is 9.25. The number of carboxylic acids is 1. The van der Waals surface area contributed by atoms with Crippen LogP contribution in [0.25, 0.3) is 0 Å². The number of carbonyl (C=O) groups is 1. The summed E-state index contributed by atoms with van der Waals surface area (Å²) in [6.45, 7) is 0. The van der Waals surface area contributed by atoms with E-state index in [1.807, 2.05) is 0 Å². The summed E-state index contributed by atoms with van der Waals surface area (Å²) < 4.78 is 22.4. The molecular formula is C10H14N2O4S. The van der Waals surface area contributed by atoms with Crippen LogP contribution < -0.4 is 11.3 Å².